The van der Waals surface area contributed by atoms with E-state index >= 15 is 0 Å². The summed E-state index contributed by atoms with van der Waals surface area (Å²) in [6.45, 7) is 5.70. The van der Waals surface area contributed by atoms with Crippen molar-refractivity contribution in [1.82, 2.24) is 20.3 Å². The van der Waals surface area contributed by atoms with E-state index in [9.17, 15) is 5.11 Å². The first-order chi connectivity index (χ1) is 7.08. The molecule has 0 spiro atoms. The topological polar surface area (TPSA) is 63.0 Å². The Hall–Kier alpha value is -0.940. The molecule has 0 aromatic carbocycles. The molecule has 5 heteroatoms. The fourth-order valence-corrected chi connectivity index (χ4v) is 1.54. The monoisotopic (exact) mass is 212 g/mol. The molecule has 0 amide bonds. The summed E-state index contributed by atoms with van der Waals surface area (Å²) in [5, 5.41) is 21.1. The highest BCUT2D eigenvalue weighted by atomic mass is 16.3. The van der Waals surface area contributed by atoms with Crippen molar-refractivity contribution in [3.8, 4) is 0 Å². The number of aryl methyl sites for hydroxylation is 1. The Kier molecular flexibility index (Phi) is 4.23. The molecule has 86 valence electrons. The molecule has 0 aliphatic carbocycles. The Balaban J connectivity index is 2.48. The number of rotatable bonds is 6. The Labute approximate surface area is 90.5 Å². The number of nitrogens with one attached hydrogen (secondary N) is 1. The molecule has 0 bridgehead atoms. The van der Waals surface area contributed by atoms with E-state index in [1.165, 1.54) is 0 Å². The van der Waals surface area contributed by atoms with E-state index in [1.807, 2.05) is 0 Å². The minimum absolute atomic E-state index is 0.661. The van der Waals surface area contributed by atoms with Crippen LogP contribution in [0.4, 0.5) is 0 Å². The van der Waals surface area contributed by atoms with Crippen LogP contribution in [0.5, 0.6) is 0 Å². The molecule has 1 aromatic heterocycles. The zero-order valence-corrected chi connectivity index (χ0v) is 9.69. The van der Waals surface area contributed by atoms with E-state index in [2.05, 4.69) is 22.6 Å². The lowest BCUT2D eigenvalue weighted by molar-refractivity contribution is 0.0397. The van der Waals surface area contributed by atoms with Crippen LogP contribution in [0.2, 0.25) is 0 Å². The van der Waals surface area contributed by atoms with Gasteiger partial charge in [0.1, 0.15) is 5.60 Å². The van der Waals surface area contributed by atoms with Crippen molar-refractivity contribution in [2.24, 2.45) is 7.05 Å². The summed E-state index contributed by atoms with van der Waals surface area (Å²) in [5.74, 6) is 0. The first kappa shape index (κ1) is 12.1. The smallest absolute Gasteiger partial charge is 0.106 e. The van der Waals surface area contributed by atoms with Gasteiger partial charge in [-0.05, 0) is 32.9 Å². The summed E-state index contributed by atoms with van der Waals surface area (Å²) in [6.07, 6.45) is 3.38. The van der Waals surface area contributed by atoms with Gasteiger partial charge in [0, 0.05) is 7.05 Å². The largest absolute Gasteiger partial charge is 0.384 e. The molecule has 0 fully saturated rings. The van der Waals surface area contributed by atoms with Crippen LogP contribution in [0.3, 0.4) is 0 Å². The maximum absolute atomic E-state index is 10.2. The van der Waals surface area contributed by atoms with E-state index in [-0.39, 0.29) is 0 Å². The van der Waals surface area contributed by atoms with Crippen molar-refractivity contribution in [3.05, 3.63) is 11.9 Å². The third-order valence-electron chi connectivity index (χ3n) is 2.48. The maximum Gasteiger partial charge on any atom is 0.106 e. The van der Waals surface area contributed by atoms with Crippen LogP contribution < -0.4 is 5.32 Å². The van der Waals surface area contributed by atoms with Gasteiger partial charge in [-0.2, -0.15) is 0 Å². The molecule has 0 saturated carbocycles. The van der Waals surface area contributed by atoms with Crippen LogP contribution in [0.25, 0.3) is 0 Å². The molecule has 1 unspecified atom stereocenters. The van der Waals surface area contributed by atoms with Gasteiger partial charge >= 0.3 is 0 Å². The molecule has 0 aliphatic rings. The highest BCUT2D eigenvalue weighted by Crippen LogP contribution is 2.21. The second-order valence-electron chi connectivity index (χ2n) is 4.02. The molecule has 1 heterocycles. The second-order valence-corrected chi connectivity index (χ2v) is 4.02. The van der Waals surface area contributed by atoms with Crippen LogP contribution in [-0.4, -0.2) is 33.2 Å². The van der Waals surface area contributed by atoms with Gasteiger partial charge in [0.15, 0.2) is 0 Å². The molecular weight excluding hydrogens is 192 g/mol. The third kappa shape index (κ3) is 3.28. The SMILES string of the molecule is CCCNCCC(C)(O)c1cnnn1C. The summed E-state index contributed by atoms with van der Waals surface area (Å²) in [5.41, 5.74) is -0.111. The molecule has 0 saturated heterocycles. The highest BCUT2D eigenvalue weighted by Gasteiger charge is 2.26. The number of hydrogen-bond acceptors (Lipinski definition) is 4. The Morgan fingerprint density at radius 1 is 1.53 bits per heavy atom. The fraction of sp³-hybridized carbons (Fsp3) is 0.800. The van der Waals surface area contributed by atoms with Crippen LogP contribution in [0.1, 0.15) is 32.4 Å². The quantitative estimate of drug-likeness (QED) is 0.671. The van der Waals surface area contributed by atoms with E-state index in [0.717, 1.165) is 25.2 Å². The van der Waals surface area contributed by atoms with Crippen LogP contribution in [0.15, 0.2) is 6.20 Å². The first-order valence-electron chi connectivity index (χ1n) is 5.36. The Bertz CT molecular complexity index is 295. The first-order valence-corrected chi connectivity index (χ1v) is 5.36. The molecule has 1 aromatic rings. The predicted molar refractivity (Wildman–Crippen MR) is 58.4 cm³/mol. The van der Waals surface area contributed by atoms with Crippen molar-refractivity contribution < 1.29 is 5.11 Å². The molecule has 15 heavy (non-hydrogen) atoms. The fourth-order valence-electron chi connectivity index (χ4n) is 1.54. The third-order valence-corrected chi connectivity index (χ3v) is 2.48. The van der Waals surface area contributed by atoms with Crippen molar-refractivity contribution >= 4 is 0 Å². The van der Waals surface area contributed by atoms with Crippen LogP contribution >= 0.6 is 0 Å². The lowest BCUT2D eigenvalue weighted by Crippen LogP contribution is -2.30. The van der Waals surface area contributed by atoms with Gasteiger partial charge in [-0.15, -0.1) is 5.10 Å². The molecule has 5 nitrogen and oxygen atoms in total. The van der Waals surface area contributed by atoms with Gasteiger partial charge < -0.3 is 10.4 Å². The number of aromatic nitrogens is 3. The Morgan fingerprint density at radius 2 is 2.27 bits per heavy atom. The lowest BCUT2D eigenvalue weighted by atomic mass is 9.98. The van der Waals surface area contributed by atoms with Crippen molar-refractivity contribution in [2.45, 2.75) is 32.3 Å². The van der Waals surface area contributed by atoms with E-state index < -0.39 is 5.60 Å². The molecule has 1 rings (SSSR count). The zero-order valence-electron chi connectivity index (χ0n) is 9.69. The summed E-state index contributed by atoms with van der Waals surface area (Å²) >= 11 is 0. The number of hydrogen-bond donors (Lipinski definition) is 2. The highest BCUT2D eigenvalue weighted by molar-refractivity contribution is 5.05. The predicted octanol–water partition coefficient (Wildman–Crippen LogP) is 0.412. The average molecular weight is 212 g/mol. The summed E-state index contributed by atoms with van der Waals surface area (Å²) < 4.78 is 1.61. The zero-order chi connectivity index (χ0) is 11.3. The minimum atomic E-state index is -0.862. The molecule has 2 N–H and O–H groups in total. The van der Waals surface area contributed by atoms with Crippen molar-refractivity contribution in [3.63, 3.8) is 0 Å². The van der Waals surface area contributed by atoms with Crippen LogP contribution in [-0.2, 0) is 12.6 Å². The lowest BCUT2D eigenvalue weighted by Gasteiger charge is -2.22. The molecule has 0 radical (unpaired) electrons. The van der Waals surface area contributed by atoms with Crippen molar-refractivity contribution in [1.29, 1.82) is 0 Å². The minimum Gasteiger partial charge on any atom is -0.384 e. The van der Waals surface area contributed by atoms with Gasteiger partial charge in [-0.3, -0.25) is 0 Å². The van der Waals surface area contributed by atoms with Gasteiger partial charge in [0.25, 0.3) is 0 Å². The van der Waals surface area contributed by atoms with Gasteiger partial charge in [0.2, 0.25) is 0 Å². The van der Waals surface area contributed by atoms with Crippen LogP contribution in [0, 0.1) is 0 Å². The molecule has 1 atom stereocenters. The van der Waals surface area contributed by atoms with E-state index in [4.69, 9.17) is 0 Å². The Morgan fingerprint density at radius 3 is 2.80 bits per heavy atom. The number of aliphatic hydroxyl groups is 1. The van der Waals surface area contributed by atoms with E-state index in [1.54, 1.807) is 24.9 Å². The maximum atomic E-state index is 10.2. The molecule has 0 aliphatic heterocycles. The van der Waals surface area contributed by atoms with Gasteiger partial charge in [-0.1, -0.05) is 12.1 Å². The second kappa shape index (κ2) is 5.23. The number of nitrogens with zero attached hydrogens (tertiary/aromatic N) is 3. The summed E-state index contributed by atoms with van der Waals surface area (Å²) in [7, 11) is 1.79. The van der Waals surface area contributed by atoms with Gasteiger partial charge in [-0.25, -0.2) is 4.68 Å². The van der Waals surface area contributed by atoms with Crippen molar-refractivity contribution in [2.75, 3.05) is 13.1 Å². The average Bonchev–Trinajstić information content (AvgIpc) is 2.60. The van der Waals surface area contributed by atoms with E-state index in [0.29, 0.717) is 6.42 Å². The standard InChI is InChI=1S/C10H20N4O/c1-4-6-11-7-5-10(2,15)9-8-12-13-14(9)3/h8,11,15H,4-7H2,1-3H3. The normalized spacial score (nSPS) is 15.2. The summed E-state index contributed by atoms with van der Waals surface area (Å²) in [4.78, 5) is 0. The summed E-state index contributed by atoms with van der Waals surface area (Å²) in [6, 6.07) is 0. The molecular formula is C10H20N4O. The van der Waals surface area contributed by atoms with Gasteiger partial charge in [0.05, 0.1) is 11.9 Å².